The largest absolute Gasteiger partial charge is 0.298 e. The van der Waals surface area contributed by atoms with Gasteiger partial charge in [0.05, 0.1) is 0 Å². The van der Waals surface area contributed by atoms with Crippen LogP contribution in [0, 0.1) is 0 Å². The third-order valence-electron chi connectivity index (χ3n) is 2.01. The Balaban J connectivity index is 2.85. The smallest absolute Gasteiger partial charge is 0.146 e. The summed E-state index contributed by atoms with van der Waals surface area (Å²) in [5.41, 5.74) is 1.76. The first kappa shape index (κ1) is 8.72. The van der Waals surface area contributed by atoms with E-state index < -0.39 is 0 Å². The van der Waals surface area contributed by atoms with Crippen LogP contribution in [0.25, 0.3) is 0 Å². The first-order valence-electron chi connectivity index (χ1n) is 3.94. The lowest BCUT2D eigenvalue weighted by atomic mass is 9.95. The second-order valence-corrected chi connectivity index (χ2v) is 2.83. The molecular formula is C11H12O. The Kier molecular flexibility index (Phi) is 2.81. The Hall–Kier alpha value is -1.37. The van der Waals surface area contributed by atoms with Gasteiger partial charge >= 0.3 is 0 Å². The van der Waals surface area contributed by atoms with Crippen molar-refractivity contribution in [3.63, 3.8) is 0 Å². The molecule has 0 saturated carbocycles. The number of carbonyl (C=O) groups is 1. The number of aldehydes is 1. The van der Waals surface area contributed by atoms with E-state index in [1.165, 1.54) is 0 Å². The van der Waals surface area contributed by atoms with Gasteiger partial charge in [0.1, 0.15) is 6.29 Å². The van der Waals surface area contributed by atoms with E-state index in [1.54, 1.807) is 0 Å². The van der Waals surface area contributed by atoms with Crippen LogP contribution in [0.4, 0.5) is 0 Å². The van der Waals surface area contributed by atoms with E-state index in [9.17, 15) is 4.79 Å². The molecule has 0 aliphatic rings. The molecule has 0 radical (unpaired) electrons. The van der Waals surface area contributed by atoms with E-state index in [4.69, 9.17) is 0 Å². The van der Waals surface area contributed by atoms with Crippen molar-refractivity contribution >= 4 is 6.29 Å². The van der Waals surface area contributed by atoms with Gasteiger partial charge in [0.2, 0.25) is 0 Å². The molecule has 1 nitrogen and oxygen atoms in total. The van der Waals surface area contributed by atoms with E-state index in [-0.39, 0.29) is 5.92 Å². The maximum atomic E-state index is 10.4. The van der Waals surface area contributed by atoms with Crippen molar-refractivity contribution < 1.29 is 4.79 Å². The van der Waals surface area contributed by atoms with Crippen molar-refractivity contribution in [1.29, 1.82) is 0 Å². The molecule has 1 rings (SSSR count). The second kappa shape index (κ2) is 3.86. The third kappa shape index (κ3) is 1.82. The maximum absolute atomic E-state index is 10.4. The highest BCUT2D eigenvalue weighted by Crippen LogP contribution is 2.20. The van der Waals surface area contributed by atoms with Crippen LogP contribution in [-0.2, 0) is 4.79 Å². The van der Waals surface area contributed by atoms with Crippen LogP contribution in [0.1, 0.15) is 18.4 Å². The summed E-state index contributed by atoms with van der Waals surface area (Å²) < 4.78 is 0. The fourth-order valence-electron chi connectivity index (χ4n) is 1.06. The van der Waals surface area contributed by atoms with E-state index in [2.05, 4.69) is 6.58 Å². The first-order valence-corrected chi connectivity index (χ1v) is 3.94. The van der Waals surface area contributed by atoms with Gasteiger partial charge in [-0.15, -0.1) is 0 Å². The average molecular weight is 160 g/mol. The summed E-state index contributed by atoms with van der Waals surface area (Å²) in [6.45, 7) is 5.66. The molecule has 0 amide bonds. The van der Waals surface area contributed by atoms with Gasteiger partial charge in [0, 0.05) is 5.92 Å². The van der Waals surface area contributed by atoms with Gasteiger partial charge in [-0.05, 0) is 11.1 Å². The second-order valence-electron chi connectivity index (χ2n) is 2.83. The molecule has 0 N–H and O–H groups in total. The van der Waals surface area contributed by atoms with Crippen LogP contribution in [0.2, 0.25) is 0 Å². The molecule has 1 atom stereocenters. The minimum Gasteiger partial charge on any atom is -0.298 e. The Morgan fingerprint density at radius 3 is 2.50 bits per heavy atom. The van der Waals surface area contributed by atoms with E-state index in [1.807, 2.05) is 37.3 Å². The van der Waals surface area contributed by atoms with Crippen molar-refractivity contribution in [2.45, 2.75) is 12.8 Å². The molecule has 0 unspecified atom stereocenters. The average Bonchev–Trinajstić information content (AvgIpc) is 2.17. The van der Waals surface area contributed by atoms with Crippen molar-refractivity contribution in [2.24, 2.45) is 0 Å². The summed E-state index contributed by atoms with van der Waals surface area (Å²) in [4.78, 5) is 10.4. The van der Waals surface area contributed by atoms with Crippen LogP contribution in [0.3, 0.4) is 0 Å². The van der Waals surface area contributed by atoms with E-state index >= 15 is 0 Å². The van der Waals surface area contributed by atoms with Crippen LogP contribution >= 0.6 is 0 Å². The summed E-state index contributed by atoms with van der Waals surface area (Å²) in [7, 11) is 0. The molecule has 1 heteroatoms. The quantitative estimate of drug-likeness (QED) is 0.490. The summed E-state index contributed by atoms with van der Waals surface area (Å²) in [6, 6.07) is 9.88. The number of allylic oxidation sites excluding steroid dienone is 1. The van der Waals surface area contributed by atoms with Gasteiger partial charge in [0.15, 0.2) is 0 Å². The molecular weight excluding hydrogens is 148 g/mol. The lowest BCUT2D eigenvalue weighted by Gasteiger charge is -2.09. The predicted molar refractivity (Wildman–Crippen MR) is 50.1 cm³/mol. The molecule has 0 aromatic heterocycles. The number of hydrogen-bond acceptors (Lipinski definition) is 1. The fraction of sp³-hybridized carbons (Fsp3) is 0.182. The van der Waals surface area contributed by atoms with Gasteiger partial charge in [0.25, 0.3) is 0 Å². The molecule has 0 aliphatic heterocycles. The van der Waals surface area contributed by atoms with Crippen molar-refractivity contribution in [2.75, 3.05) is 0 Å². The maximum Gasteiger partial charge on any atom is 0.146 e. The standard InChI is InChI=1S/C11H12O/c1-9(8-12)10(2)11-6-4-3-5-7-11/h3-8,10H,1H2,2H3/t10-/m0/s1. The zero-order chi connectivity index (χ0) is 8.97. The Morgan fingerprint density at radius 1 is 1.42 bits per heavy atom. The number of carbonyl (C=O) groups excluding carboxylic acids is 1. The first-order chi connectivity index (χ1) is 5.75. The number of rotatable bonds is 3. The van der Waals surface area contributed by atoms with Gasteiger partial charge in [-0.3, -0.25) is 4.79 Å². The minimum absolute atomic E-state index is 0.128. The van der Waals surface area contributed by atoms with Crippen molar-refractivity contribution in [3.8, 4) is 0 Å². The van der Waals surface area contributed by atoms with E-state index in [0.717, 1.165) is 11.8 Å². The molecule has 0 aliphatic carbocycles. The molecule has 0 heterocycles. The topological polar surface area (TPSA) is 17.1 Å². The minimum atomic E-state index is 0.128. The van der Waals surface area contributed by atoms with Crippen LogP contribution in [-0.4, -0.2) is 6.29 Å². The summed E-state index contributed by atoms with van der Waals surface area (Å²) in [5.74, 6) is 0.128. The highest BCUT2D eigenvalue weighted by Gasteiger charge is 2.06. The Labute approximate surface area is 72.7 Å². The van der Waals surface area contributed by atoms with Crippen LogP contribution in [0.15, 0.2) is 42.5 Å². The molecule has 0 saturated heterocycles. The molecule has 62 valence electrons. The highest BCUT2D eigenvalue weighted by atomic mass is 16.1. The predicted octanol–water partition coefficient (Wildman–Crippen LogP) is 2.55. The zero-order valence-electron chi connectivity index (χ0n) is 7.16. The van der Waals surface area contributed by atoms with Gasteiger partial charge in [-0.1, -0.05) is 43.8 Å². The summed E-state index contributed by atoms with van der Waals surface area (Å²) in [5, 5.41) is 0. The fourth-order valence-corrected chi connectivity index (χ4v) is 1.06. The lowest BCUT2D eigenvalue weighted by molar-refractivity contribution is -0.105. The molecule has 1 aromatic rings. The molecule has 0 fully saturated rings. The number of benzene rings is 1. The molecule has 12 heavy (non-hydrogen) atoms. The highest BCUT2D eigenvalue weighted by molar-refractivity contribution is 5.74. The SMILES string of the molecule is C=C(C=O)[C@H](C)c1ccccc1. The monoisotopic (exact) mass is 160 g/mol. The lowest BCUT2D eigenvalue weighted by Crippen LogP contribution is -1.97. The molecule has 0 bridgehead atoms. The third-order valence-corrected chi connectivity index (χ3v) is 2.01. The van der Waals surface area contributed by atoms with Gasteiger partial charge in [-0.25, -0.2) is 0 Å². The zero-order valence-corrected chi connectivity index (χ0v) is 7.16. The number of hydrogen-bond donors (Lipinski definition) is 0. The van der Waals surface area contributed by atoms with Crippen LogP contribution in [0.5, 0.6) is 0 Å². The van der Waals surface area contributed by atoms with Crippen LogP contribution < -0.4 is 0 Å². The molecule has 1 aromatic carbocycles. The summed E-state index contributed by atoms with van der Waals surface area (Å²) >= 11 is 0. The Bertz CT molecular complexity index is 274. The van der Waals surface area contributed by atoms with E-state index in [0.29, 0.717) is 5.57 Å². The normalized spacial score (nSPS) is 12.1. The van der Waals surface area contributed by atoms with Crippen molar-refractivity contribution in [1.82, 2.24) is 0 Å². The van der Waals surface area contributed by atoms with Gasteiger partial charge < -0.3 is 0 Å². The Morgan fingerprint density at radius 2 is 2.00 bits per heavy atom. The summed E-state index contributed by atoms with van der Waals surface area (Å²) in [6.07, 6.45) is 0.817. The van der Waals surface area contributed by atoms with Gasteiger partial charge in [-0.2, -0.15) is 0 Å². The molecule has 0 spiro atoms. The van der Waals surface area contributed by atoms with Crippen molar-refractivity contribution in [3.05, 3.63) is 48.0 Å².